The summed E-state index contributed by atoms with van der Waals surface area (Å²) in [5, 5.41) is 11.7. The smallest absolute Gasteiger partial charge is 0.378 e. The highest BCUT2D eigenvalue weighted by atomic mass is 19.4. The van der Waals surface area contributed by atoms with Gasteiger partial charge in [0.1, 0.15) is 6.17 Å². The average Bonchev–Trinajstić information content (AvgIpc) is 2.14. The maximum absolute atomic E-state index is 13.0. The van der Waals surface area contributed by atoms with Gasteiger partial charge in [0.15, 0.2) is 5.60 Å². The van der Waals surface area contributed by atoms with Gasteiger partial charge in [-0.05, 0) is 19.5 Å². The molecule has 0 amide bonds. The average molecular weight is 201 g/mol. The van der Waals surface area contributed by atoms with E-state index < -0.39 is 24.4 Å². The fourth-order valence-corrected chi connectivity index (χ4v) is 1.35. The van der Waals surface area contributed by atoms with Gasteiger partial charge in [-0.25, -0.2) is 4.39 Å². The zero-order chi connectivity index (χ0) is 10.1. The van der Waals surface area contributed by atoms with Crippen LogP contribution in [0.5, 0.6) is 0 Å². The van der Waals surface area contributed by atoms with E-state index in [9.17, 15) is 17.6 Å². The van der Waals surface area contributed by atoms with Crippen molar-refractivity contribution in [2.75, 3.05) is 13.1 Å². The Balaban J connectivity index is 2.83. The van der Waals surface area contributed by atoms with E-state index >= 15 is 0 Å². The van der Waals surface area contributed by atoms with E-state index in [0.717, 1.165) is 0 Å². The Hall–Kier alpha value is -0.360. The number of aliphatic hydroxyl groups is 1. The van der Waals surface area contributed by atoms with Crippen LogP contribution in [0.1, 0.15) is 12.8 Å². The zero-order valence-electron chi connectivity index (χ0n) is 6.86. The van der Waals surface area contributed by atoms with Crippen molar-refractivity contribution >= 4 is 0 Å². The minimum Gasteiger partial charge on any atom is -0.378 e. The fraction of sp³-hybridized carbons (Fsp3) is 1.00. The normalized spacial score (nSPS) is 37.2. The molecule has 2 nitrogen and oxygen atoms in total. The second-order valence-electron chi connectivity index (χ2n) is 3.18. The summed E-state index contributed by atoms with van der Waals surface area (Å²) < 4.78 is 49.7. The summed E-state index contributed by atoms with van der Waals surface area (Å²) >= 11 is 0. The van der Waals surface area contributed by atoms with Crippen molar-refractivity contribution < 1.29 is 22.7 Å². The number of rotatable bonds is 0. The molecule has 6 heteroatoms. The largest absolute Gasteiger partial charge is 0.420 e. The Kier molecular flexibility index (Phi) is 2.82. The van der Waals surface area contributed by atoms with Gasteiger partial charge in [-0.15, -0.1) is 0 Å². The molecule has 1 aliphatic heterocycles. The van der Waals surface area contributed by atoms with Gasteiger partial charge < -0.3 is 10.4 Å². The molecule has 78 valence electrons. The summed E-state index contributed by atoms with van der Waals surface area (Å²) in [5.74, 6) is 0. The lowest BCUT2D eigenvalue weighted by Crippen LogP contribution is -2.52. The molecule has 0 aliphatic carbocycles. The van der Waals surface area contributed by atoms with Crippen molar-refractivity contribution in [3.8, 4) is 0 Å². The molecule has 1 aliphatic rings. The van der Waals surface area contributed by atoms with Crippen molar-refractivity contribution in [2.45, 2.75) is 30.8 Å². The molecule has 0 saturated carbocycles. The van der Waals surface area contributed by atoms with Crippen molar-refractivity contribution in [3.63, 3.8) is 0 Å². The van der Waals surface area contributed by atoms with Gasteiger partial charge in [0, 0.05) is 6.42 Å². The molecule has 1 rings (SSSR count). The molecule has 2 N–H and O–H groups in total. The van der Waals surface area contributed by atoms with Gasteiger partial charge in [0.2, 0.25) is 0 Å². The Bertz CT molecular complexity index is 184. The molecule has 1 fully saturated rings. The van der Waals surface area contributed by atoms with Crippen LogP contribution in [-0.2, 0) is 0 Å². The van der Waals surface area contributed by atoms with Gasteiger partial charge in [-0.1, -0.05) is 0 Å². The first-order chi connectivity index (χ1) is 5.88. The third-order valence-electron chi connectivity index (χ3n) is 2.27. The van der Waals surface area contributed by atoms with Gasteiger partial charge >= 0.3 is 6.18 Å². The molecular formula is C7H11F4NO. The lowest BCUT2D eigenvalue weighted by molar-refractivity contribution is -0.281. The van der Waals surface area contributed by atoms with Gasteiger partial charge in [-0.3, -0.25) is 0 Å². The Morgan fingerprint density at radius 2 is 1.92 bits per heavy atom. The first-order valence-corrected chi connectivity index (χ1v) is 4.02. The van der Waals surface area contributed by atoms with Crippen LogP contribution < -0.4 is 5.32 Å². The molecule has 1 heterocycles. The highest BCUT2D eigenvalue weighted by Crippen LogP contribution is 2.38. The van der Waals surface area contributed by atoms with E-state index in [-0.39, 0.29) is 19.5 Å². The molecule has 0 bridgehead atoms. The second kappa shape index (κ2) is 3.42. The zero-order valence-corrected chi connectivity index (χ0v) is 6.86. The number of alkyl halides is 4. The summed E-state index contributed by atoms with van der Waals surface area (Å²) in [6, 6.07) is 0. The van der Waals surface area contributed by atoms with Crippen molar-refractivity contribution in [1.29, 1.82) is 0 Å². The van der Waals surface area contributed by atoms with Crippen LogP contribution in [0, 0.1) is 0 Å². The Labute approximate surface area is 72.9 Å². The monoisotopic (exact) mass is 201 g/mol. The minimum absolute atomic E-state index is 0.0174. The van der Waals surface area contributed by atoms with E-state index in [1.54, 1.807) is 0 Å². The van der Waals surface area contributed by atoms with Crippen molar-refractivity contribution in [1.82, 2.24) is 5.32 Å². The molecule has 2 unspecified atom stereocenters. The summed E-state index contributed by atoms with van der Waals surface area (Å²) in [6.07, 6.45) is -8.06. The van der Waals surface area contributed by atoms with Crippen molar-refractivity contribution in [3.05, 3.63) is 0 Å². The quantitative estimate of drug-likeness (QED) is 0.573. The third-order valence-corrected chi connectivity index (χ3v) is 2.27. The number of halogens is 4. The van der Waals surface area contributed by atoms with Gasteiger partial charge in [-0.2, -0.15) is 13.2 Å². The van der Waals surface area contributed by atoms with E-state index in [1.807, 2.05) is 0 Å². The van der Waals surface area contributed by atoms with Gasteiger partial charge in [0.25, 0.3) is 0 Å². The molecular weight excluding hydrogens is 190 g/mol. The van der Waals surface area contributed by atoms with Crippen LogP contribution in [-0.4, -0.2) is 36.1 Å². The topological polar surface area (TPSA) is 32.3 Å². The maximum Gasteiger partial charge on any atom is 0.420 e. The predicted molar refractivity (Wildman–Crippen MR) is 38.0 cm³/mol. The van der Waals surface area contributed by atoms with Gasteiger partial charge in [0.05, 0.1) is 0 Å². The Morgan fingerprint density at radius 1 is 1.31 bits per heavy atom. The van der Waals surface area contributed by atoms with E-state index in [4.69, 9.17) is 5.11 Å². The lowest BCUT2D eigenvalue weighted by atomic mass is 9.92. The maximum atomic E-state index is 13.0. The number of hydrogen-bond donors (Lipinski definition) is 2. The number of nitrogens with one attached hydrogen (secondary N) is 1. The molecule has 0 spiro atoms. The van der Waals surface area contributed by atoms with E-state index in [1.165, 1.54) is 0 Å². The third kappa shape index (κ3) is 1.94. The fourth-order valence-electron chi connectivity index (χ4n) is 1.35. The minimum atomic E-state index is -4.89. The van der Waals surface area contributed by atoms with E-state index in [0.29, 0.717) is 0 Å². The molecule has 0 aromatic carbocycles. The van der Waals surface area contributed by atoms with Crippen LogP contribution in [0.4, 0.5) is 17.6 Å². The van der Waals surface area contributed by atoms with Crippen LogP contribution in [0.3, 0.4) is 0 Å². The number of hydrogen-bond acceptors (Lipinski definition) is 2. The molecule has 2 atom stereocenters. The summed E-state index contributed by atoms with van der Waals surface area (Å²) in [5.41, 5.74) is -3.17. The van der Waals surface area contributed by atoms with Crippen LogP contribution >= 0.6 is 0 Å². The highest BCUT2D eigenvalue weighted by Gasteiger charge is 2.58. The molecule has 0 radical (unpaired) electrons. The molecule has 0 aromatic heterocycles. The summed E-state index contributed by atoms with van der Waals surface area (Å²) in [4.78, 5) is 0. The SMILES string of the molecule is OC1(C(F)(F)F)CCNCCC1F. The second-order valence-corrected chi connectivity index (χ2v) is 3.18. The van der Waals surface area contributed by atoms with Crippen LogP contribution in [0.15, 0.2) is 0 Å². The standard InChI is InChI=1S/C7H11F4NO/c8-5-1-3-12-4-2-6(5,13)7(9,10)11/h5,12-13H,1-4H2. The lowest BCUT2D eigenvalue weighted by Gasteiger charge is -2.31. The molecule has 1 saturated heterocycles. The molecule has 0 aromatic rings. The van der Waals surface area contributed by atoms with Crippen molar-refractivity contribution in [2.24, 2.45) is 0 Å². The highest BCUT2D eigenvalue weighted by molar-refractivity contribution is 4.96. The predicted octanol–water partition coefficient (Wildman–Crippen LogP) is 1.00. The first-order valence-electron chi connectivity index (χ1n) is 4.02. The van der Waals surface area contributed by atoms with Crippen LogP contribution in [0.2, 0.25) is 0 Å². The summed E-state index contributed by atoms with van der Waals surface area (Å²) in [6.45, 7) is 0.149. The summed E-state index contributed by atoms with van der Waals surface area (Å²) in [7, 11) is 0. The Morgan fingerprint density at radius 3 is 2.46 bits per heavy atom. The van der Waals surface area contributed by atoms with E-state index in [2.05, 4.69) is 5.32 Å². The van der Waals surface area contributed by atoms with Crippen LogP contribution in [0.25, 0.3) is 0 Å². The molecule has 13 heavy (non-hydrogen) atoms. The first kappa shape index (κ1) is 10.7.